The zero-order valence-electron chi connectivity index (χ0n) is 23.3. The molecule has 2 aliphatic heterocycles. The van der Waals surface area contributed by atoms with Crippen LogP contribution in [0, 0.1) is 0 Å². The Hall–Kier alpha value is -4.31. The van der Waals surface area contributed by atoms with Crippen molar-refractivity contribution in [3.8, 4) is 11.5 Å². The van der Waals surface area contributed by atoms with Gasteiger partial charge in [-0.2, -0.15) is 4.99 Å². The van der Waals surface area contributed by atoms with E-state index in [-0.39, 0.29) is 17.0 Å². The summed E-state index contributed by atoms with van der Waals surface area (Å²) in [6, 6.07) is 19.9. The maximum Gasteiger partial charge on any atom is 0.274 e. The van der Waals surface area contributed by atoms with E-state index in [1.54, 1.807) is 0 Å². The van der Waals surface area contributed by atoms with Gasteiger partial charge in [0, 0.05) is 71.9 Å². The predicted octanol–water partition coefficient (Wildman–Crippen LogP) is 4.30. The Morgan fingerprint density at radius 3 is 1.90 bits per heavy atom. The average molecular weight is 558 g/mol. The van der Waals surface area contributed by atoms with Crippen LogP contribution in [0.3, 0.4) is 0 Å². The summed E-state index contributed by atoms with van der Waals surface area (Å²) in [6.45, 7) is 11.9. The molecule has 0 aromatic heterocycles. The first-order chi connectivity index (χ1) is 19.3. The van der Waals surface area contributed by atoms with Gasteiger partial charge in [-0.1, -0.05) is 30.3 Å². The second-order valence-corrected chi connectivity index (χ2v) is 10.1. The number of ether oxygens (including phenoxy) is 1. The number of aliphatic imine (C=N–C) groups is 1. The maximum atomic E-state index is 14.1. The lowest BCUT2D eigenvalue weighted by Crippen LogP contribution is -2.57. The normalized spacial score (nSPS) is 14.8. The summed E-state index contributed by atoms with van der Waals surface area (Å²) in [5.41, 5.74) is 18.8. The fraction of sp³-hybridized carbons (Fsp3) is 0.300. The number of hydrazine groups is 1. The number of hydrogen-bond acceptors (Lipinski definition) is 5. The Labute approximate surface area is 240 Å². The van der Waals surface area contributed by atoms with Crippen molar-refractivity contribution in [3.05, 3.63) is 82.9 Å². The van der Waals surface area contributed by atoms with Crippen LogP contribution in [0.5, 0.6) is 11.5 Å². The standard InChI is InChI=1S/C30H35N7O2S/c1-5-35(6-2)19-13-15-23-25(17-19)39-26-18-20(36(7-3)8-4)14-16-24(26)30(23)22-12-10-9-11-21(22)27(38)37(30)34-28(31)33-29(32)40/h9-18H,5-8H2,1-4H3,(H5,31,32,33,34,40). The third-order valence-electron chi connectivity index (χ3n) is 7.73. The van der Waals surface area contributed by atoms with E-state index in [1.807, 2.05) is 48.5 Å². The number of hydrogen-bond donors (Lipinski definition) is 3. The first kappa shape index (κ1) is 27.3. The fourth-order valence-corrected chi connectivity index (χ4v) is 6.02. The second-order valence-electron chi connectivity index (χ2n) is 9.65. The zero-order valence-corrected chi connectivity index (χ0v) is 24.1. The minimum Gasteiger partial charge on any atom is -0.456 e. The highest BCUT2D eigenvalue weighted by Gasteiger charge is 2.57. The molecule has 1 spiro atoms. The van der Waals surface area contributed by atoms with Gasteiger partial charge in [-0.15, -0.1) is 0 Å². The van der Waals surface area contributed by atoms with Crippen LogP contribution in [0.4, 0.5) is 11.4 Å². The van der Waals surface area contributed by atoms with E-state index in [2.05, 4.69) is 60.0 Å². The van der Waals surface area contributed by atoms with Gasteiger partial charge in [0.05, 0.1) is 0 Å². The van der Waals surface area contributed by atoms with E-state index in [9.17, 15) is 4.79 Å². The van der Waals surface area contributed by atoms with Gasteiger partial charge in [-0.05, 0) is 58.1 Å². The van der Waals surface area contributed by atoms with Crippen molar-refractivity contribution in [2.75, 3.05) is 36.0 Å². The number of benzene rings is 3. The van der Waals surface area contributed by atoms with Crippen molar-refractivity contribution in [1.82, 2.24) is 10.4 Å². The number of rotatable bonds is 7. The number of thiocarbonyl (C=S) groups is 1. The molecule has 3 aromatic carbocycles. The van der Waals surface area contributed by atoms with E-state index in [0.717, 1.165) is 54.2 Å². The van der Waals surface area contributed by atoms with Gasteiger partial charge < -0.3 is 26.0 Å². The fourth-order valence-electron chi connectivity index (χ4n) is 5.93. The Bertz CT molecular complexity index is 1440. The molecule has 2 aliphatic rings. The molecule has 2 heterocycles. The summed E-state index contributed by atoms with van der Waals surface area (Å²) in [5, 5.41) is 1.40. The Morgan fingerprint density at radius 1 is 0.875 bits per heavy atom. The zero-order chi connectivity index (χ0) is 28.6. The van der Waals surface area contributed by atoms with Gasteiger partial charge in [0.25, 0.3) is 5.91 Å². The van der Waals surface area contributed by atoms with Crippen molar-refractivity contribution in [2.24, 2.45) is 16.5 Å². The molecule has 3 aromatic rings. The van der Waals surface area contributed by atoms with Crippen LogP contribution in [-0.4, -0.2) is 48.2 Å². The molecule has 0 bridgehead atoms. The molecule has 0 atom stereocenters. The number of fused-ring (bicyclic) bond motifs is 6. The molecule has 5 N–H and O–H groups in total. The molecular weight excluding hydrogens is 522 g/mol. The maximum absolute atomic E-state index is 14.1. The first-order valence-corrected chi connectivity index (χ1v) is 14.0. The smallest absolute Gasteiger partial charge is 0.274 e. The SMILES string of the molecule is CCN(CC)c1ccc2c(c1)Oc1cc(N(CC)CC)ccc1C21c2ccccc2C(=O)N1N/C(N)=N/C(N)=S. The van der Waals surface area contributed by atoms with E-state index < -0.39 is 5.54 Å². The van der Waals surface area contributed by atoms with Gasteiger partial charge in [0.1, 0.15) is 17.0 Å². The average Bonchev–Trinajstić information content (AvgIpc) is 3.18. The predicted molar refractivity (Wildman–Crippen MR) is 164 cm³/mol. The van der Waals surface area contributed by atoms with Crippen LogP contribution >= 0.6 is 12.2 Å². The van der Waals surface area contributed by atoms with Crippen molar-refractivity contribution in [1.29, 1.82) is 0 Å². The molecule has 0 aliphatic carbocycles. The van der Waals surface area contributed by atoms with E-state index in [1.165, 1.54) is 5.01 Å². The highest BCUT2D eigenvalue weighted by molar-refractivity contribution is 7.80. The third-order valence-corrected chi connectivity index (χ3v) is 7.82. The number of amides is 1. The quantitative estimate of drug-likeness (QED) is 0.224. The molecule has 5 rings (SSSR count). The van der Waals surface area contributed by atoms with Gasteiger partial charge in [-0.3, -0.25) is 10.2 Å². The minimum atomic E-state index is -1.10. The molecule has 0 saturated carbocycles. The van der Waals surface area contributed by atoms with E-state index in [0.29, 0.717) is 17.1 Å². The molecule has 1 amide bonds. The van der Waals surface area contributed by atoms with Crippen molar-refractivity contribution >= 4 is 40.6 Å². The van der Waals surface area contributed by atoms with Crippen molar-refractivity contribution in [3.63, 3.8) is 0 Å². The van der Waals surface area contributed by atoms with Crippen molar-refractivity contribution < 1.29 is 9.53 Å². The number of nitrogens with two attached hydrogens (primary N) is 2. The number of carbonyl (C=O) groups is 1. The largest absolute Gasteiger partial charge is 0.456 e. The monoisotopic (exact) mass is 557 g/mol. The summed E-state index contributed by atoms with van der Waals surface area (Å²) in [5.74, 6) is 0.989. The van der Waals surface area contributed by atoms with Crippen LogP contribution in [0.1, 0.15) is 54.7 Å². The Morgan fingerprint density at radius 2 is 1.40 bits per heavy atom. The molecular formula is C30H35N7O2S. The van der Waals surface area contributed by atoms with Crippen LogP contribution < -0.4 is 31.4 Å². The van der Waals surface area contributed by atoms with Crippen LogP contribution in [0.25, 0.3) is 0 Å². The van der Waals surface area contributed by atoms with Gasteiger partial charge in [0.2, 0.25) is 5.96 Å². The van der Waals surface area contributed by atoms with Gasteiger partial charge in [-0.25, -0.2) is 5.01 Å². The van der Waals surface area contributed by atoms with Crippen LogP contribution in [-0.2, 0) is 5.54 Å². The Kier molecular flexibility index (Phi) is 7.29. The number of guanidine groups is 1. The highest BCUT2D eigenvalue weighted by Crippen LogP contribution is 2.57. The molecule has 0 radical (unpaired) electrons. The Balaban J connectivity index is 1.83. The summed E-state index contributed by atoms with van der Waals surface area (Å²) in [7, 11) is 0. The van der Waals surface area contributed by atoms with E-state index in [4.69, 9.17) is 28.4 Å². The van der Waals surface area contributed by atoms with Crippen molar-refractivity contribution in [2.45, 2.75) is 33.2 Å². The summed E-state index contributed by atoms with van der Waals surface area (Å²) in [4.78, 5) is 22.6. The van der Waals surface area contributed by atoms with Gasteiger partial charge in [0.15, 0.2) is 5.11 Å². The summed E-state index contributed by atoms with van der Waals surface area (Å²) >= 11 is 4.95. The van der Waals surface area contributed by atoms with Crippen LogP contribution in [0.2, 0.25) is 0 Å². The lowest BCUT2D eigenvalue weighted by Gasteiger charge is -2.44. The molecule has 0 saturated heterocycles. The number of nitrogens with zero attached hydrogens (tertiary/aromatic N) is 4. The molecule has 10 heteroatoms. The third kappa shape index (κ3) is 4.19. The number of anilines is 2. The summed E-state index contributed by atoms with van der Waals surface area (Å²) < 4.78 is 6.67. The number of nitrogens with one attached hydrogen (secondary N) is 1. The van der Waals surface area contributed by atoms with E-state index >= 15 is 0 Å². The molecule has 9 nitrogen and oxygen atoms in total. The molecule has 0 fully saturated rings. The van der Waals surface area contributed by atoms with Gasteiger partial charge >= 0.3 is 0 Å². The molecule has 0 unspecified atom stereocenters. The molecule has 208 valence electrons. The first-order valence-electron chi connectivity index (χ1n) is 13.6. The topological polar surface area (TPSA) is 112 Å². The lowest BCUT2D eigenvalue weighted by molar-refractivity contribution is 0.0591. The van der Waals surface area contributed by atoms with Crippen LogP contribution in [0.15, 0.2) is 65.7 Å². The number of carbonyl (C=O) groups excluding carboxylic acids is 1. The molecule has 40 heavy (non-hydrogen) atoms. The highest BCUT2D eigenvalue weighted by atomic mass is 32.1. The second kappa shape index (κ2) is 10.7. The lowest BCUT2D eigenvalue weighted by atomic mass is 9.75. The minimum absolute atomic E-state index is 0.0813. The summed E-state index contributed by atoms with van der Waals surface area (Å²) in [6.07, 6.45) is 0.